The van der Waals surface area contributed by atoms with Crippen molar-refractivity contribution in [3.05, 3.63) is 0 Å². The molecule has 0 bridgehead atoms. The van der Waals surface area contributed by atoms with Crippen molar-refractivity contribution in [2.24, 2.45) is 0 Å². The summed E-state index contributed by atoms with van der Waals surface area (Å²) in [6, 6.07) is 1.40. The van der Waals surface area contributed by atoms with Gasteiger partial charge in [0.05, 0.1) is 6.61 Å². The second-order valence-corrected chi connectivity index (χ2v) is 7.38. The zero-order chi connectivity index (χ0) is 15.3. The molecule has 2 aliphatic rings. The summed E-state index contributed by atoms with van der Waals surface area (Å²) in [4.78, 5) is 5.21. The lowest BCUT2D eigenvalue weighted by Gasteiger charge is -2.38. The first-order chi connectivity index (χ1) is 10.1. The number of aliphatic hydroxyl groups is 1. The van der Waals surface area contributed by atoms with E-state index in [1.54, 1.807) is 0 Å². The van der Waals surface area contributed by atoms with Gasteiger partial charge in [-0.3, -0.25) is 4.90 Å². The van der Waals surface area contributed by atoms with Gasteiger partial charge in [0.25, 0.3) is 0 Å². The Kier molecular flexibility index (Phi) is 6.48. The van der Waals surface area contributed by atoms with Gasteiger partial charge < -0.3 is 15.3 Å². The van der Waals surface area contributed by atoms with E-state index in [4.69, 9.17) is 0 Å². The van der Waals surface area contributed by atoms with Gasteiger partial charge >= 0.3 is 0 Å². The van der Waals surface area contributed by atoms with E-state index in [9.17, 15) is 5.11 Å². The third kappa shape index (κ3) is 5.51. The quantitative estimate of drug-likeness (QED) is 0.679. The highest BCUT2D eigenvalue weighted by Gasteiger charge is 2.31. The van der Waals surface area contributed by atoms with Crippen LogP contribution in [0.1, 0.15) is 52.9 Å². The standard InChI is InChI=1S/C17H35N3O/c1-4-15(2)20-12-10-19(11-13-20)9-5-8-17(3,14-21)18-16-6-7-16/h15-16,18,21H,4-14H2,1-3H3. The summed E-state index contributed by atoms with van der Waals surface area (Å²) in [5, 5.41) is 13.2. The Morgan fingerprint density at radius 1 is 1.24 bits per heavy atom. The maximum absolute atomic E-state index is 9.64. The molecule has 2 atom stereocenters. The fraction of sp³-hybridized carbons (Fsp3) is 1.00. The van der Waals surface area contributed by atoms with Crippen molar-refractivity contribution in [3.63, 3.8) is 0 Å². The first-order valence-electron chi connectivity index (χ1n) is 8.91. The summed E-state index contributed by atoms with van der Waals surface area (Å²) in [5.74, 6) is 0. The minimum absolute atomic E-state index is 0.0697. The van der Waals surface area contributed by atoms with Gasteiger partial charge in [-0.2, -0.15) is 0 Å². The zero-order valence-electron chi connectivity index (χ0n) is 14.3. The van der Waals surface area contributed by atoms with Gasteiger partial charge in [-0.1, -0.05) is 6.92 Å². The predicted molar refractivity (Wildman–Crippen MR) is 88.6 cm³/mol. The highest BCUT2D eigenvalue weighted by atomic mass is 16.3. The Hall–Kier alpha value is -0.160. The Bertz CT molecular complexity index is 300. The maximum atomic E-state index is 9.64. The molecule has 1 aliphatic carbocycles. The molecule has 4 nitrogen and oxygen atoms in total. The lowest BCUT2D eigenvalue weighted by atomic mass is 9.96. The van der Waals surface area contributed by atoms with E-state index >= 15 is 0 Å². The molecule has 0 aromatic rings. The molecule has 2 N–H and O–H groups in total. The van der Waals surface area contributed by atoms with E-state index in [1.807, 2.05) is 0 Å². The fourth-order valence-corrected chi connectivity index (χ4v) is 3.30. The molecule has 0 aromatic heterocycles. The van der Waals surface area contributed by atoms with Crippen LogP contribution < -0.4 is 5.32 Å². The molecule has 21 heavy (non-hydrogen) atoms. The Morgan fingerprint density at radius 3 is 2.43 bits per heavy atom. The SMILES string of the molecule is CCC(C)N1CCN(CCCC(C)(CO)NC2CC2)CC1. The number of nitrogens with zero attached hydrogens (tertiary/aromatic N) is 2. The monoisotopic (exact) mass is 297 g/mol. The van der Waals surface area contributed by atoms with Crippen molar-refractivity contribution in [1.29, 1.82) is 0 Å². The van der Waals surface area contributed by atoms with Gasteiger partial charge in [0.1, 0.15) is 0 Å². The van der Waals surface area contributed by atoms with Crippen LogP contribution in [0.2, 0.25) is 0 Å². The topological polar surface area (TPSA) is 38.7 Å². The lowest BCUT2D eigenvalue weighted by molar-refractivity contribution is 0.0946. The predicted octanol–water partition coefficient (Wildman–Crippen LogP) is 1.69. The molecule has 1 saturated heterocycles. The van der Waals surface area contributed by atoms with Gasteiger partial charge in [0.2, 0.25) is 0 Å². The molecule has 124 valence electrons. The second-order valence-electron chi connectivity index (χ2n) is 7.38. The molecular formula is C17H35N3O. The van der Waals surface area contributed by atoms with Gasteiger partial charge in [0, 0.05) is 43.8 Å². The van der Waals surface area contributed by atoms with Gasteiger partial charge in [-0.05, 0) is 52.5 Å². The number of aliphatic hydroxyl groups excluding tert-OH is 1. The van der Waals surface area contributed by atoms with E-state index in [1.165, 1.54) is 58.4 Å². The molecule has 1 heterocycles. The van der Waals surface area contributed by atoms with Crippen molar-refractivity contribution in [2.45, 2.75) is 70.5 Å². The number of hydrogen-bond acceptors (Lipinski definition) is 4. The highest BCUT2D eigenvalue weighted by molar-refractivity contribution is 4.92. The molecule has 1 aliphatic heterocycles. The zero-order valence-corrected chi connectivity index (χ0v) is 14.3. The Labute approximate surface area is 130 Å². The number of piperazine rings is 1. The second kappa shape index (κ2) is 7.91. The van der Waals surface area contributed by atoms with E-state index in [2.05, 4.69) is 35.9 Å². The van der Waals surface area contributed by atoms with Crippen molar-refractivity contribution in [1.82, 2.24) is 15.1 Å². The van der Waals surface area contributed by atoms with E-state index in [0.29, 0.717) is 6.04 Å². The largest absolute Gasteiger partial charge is 0.394 e. The van der Waals surface area contributed by atoms with Crippen LogP contribution >= 0.6 is 0 Å². The molecule has 0 radical (unpaired) electrons. The Morgan fingerprint density at radius 2 is 1.90 bits per heavy atom. The fourth-order valence-electron chi connectivity index (χ4n) is 3.30. The maximum Gasteiger partial charge on any atom is 0.0610 e. The van der Waals surface area contributed by atoms with Gasteiger partial charge in [-0.15, -0.1) is 0 Å². The van der Waals surface area contributed by atoms with Crippen molar-refractivity contribution >= 4 is 0 Å². The molecule has 2 rings (SSSR count). The average molecular weight is 297 g/mol. The molecule has 4 heteroatoms. The summed E-state index contributed by atoms with van der Waals surface area (Å²) < 4.78 is 0. The molecule has 2 fully saturated rings. The molecular weight excluding hydrogens is 262 g/mol. The van der Waals surface area contributed by atoms with Gasteiger partial charge in [-0.25, -0.2) is 0 Å². The van der Waals surface area contributed by atoms with Crippen LogP contribution in [0.15, 0.2) is 0 Å². The lowest BCUT2D eigenvalue weighted by Crippen LogP contribution is -2.50. The number of hydrogen-bond donors (Lipinski definition) is 2. The van der Waals surface area contributed by atoms with Crippen LogP contribution in [0.4, 0.5) is 0 Å². The normalized spacial score (nSPS) is 25.7. The number of nitrogens with one attached hydrogen (secondary N) is 1. The minimum Gasteiger partial charge on any atom is -0.394 e. The summed E-state index contributed by atoms with van der Waals surface area (Å²) in [6.45, 7) is 13.1. The first kappa shape index (κ1) is 17.2. The van der Waals surface area contributed by atoms with E-state index in [0.717, 1.165) is 12.5 Å². The van der Waals surface area contributed by atoms with Crippen LogP contribution in [-0.4, -0.2) is 71.9 Å². The molecule has 2 unspecified atom stereocenters. The third-order valence-electron chi connectivity index (χ3n) is 5.30. The molecule has 0 aromatic carbocycles. The molecule has 0 spiro atoms. The molecule has 0 amide bonds. The van der Waals surface area contributed by atoms with Crippen LogP contribution in [0.5, 0.6) is 0 Å². The highest BCUT2D eigenvalue weighted by Crippen LogP contribution is 2.24. The van der Waals surface area contributed by atoms with Crippen LogP contribution in [0.3, 0.4) is 0 Å². The van der Waals surface area contributed by atoms with Crippen molar-refractivity contribution in [2.75, 3.05) is 39.3 Å². The summed E-state index contributed by atoms with van der Waals surface area (Å²) >= 11 is 0. The summed E-state index contributed by atoms with van der Waals surface area (Å²) in [7, 11) is 0. The van der Waals surface area contributed by atoms with Crippen molar-refractivity contribution in [3.8, 4) is 0 Å². The molecule has 1 saturated carbocycles. The number of rotatable bonds is 9. The van der Waals surface area contributed by atoms with E-state index < -0.39 is 0 Å². The van der Waals surface area contributed by atoms with E-state index in [-0.39, 0.29) is 12.1 Å². The van der Waals surface area contributed by atoms with Gasteiger partial charge in [0.15, 0.2) is 0 Å². The van der Waals surface area contributed by atoms with Crippen LogP contribution in [0.25, 0.3) is 0 Å². The smallest absolute Gasteiger partial charge is 0.0610 e. The Balaban J connectivity index is 1.62. The van der Waals surface area contributed by atoms with Crippen molar-refractivity contribution < 1.29 is 5.11 Å². The first-order valence-corrected chi connectivity index (χ1v) is 8.91. The minimum atomic E-state index is -0.0697. The van der Waals surface area contributed by atoms with Crippen LogP contribution in [0, 0.1) is 0 Å². The average Bonchev–Trinajstić information content (AvgIpc) is 3.31. The summed E-state index contributed by atoms with van der Waals surface area (Å²) in [6.07, 6.45) is 6.08. The summed E-state index contributed by atoms with van der Waals surface area (Å²) in [5.41, 5.74) is -0.0697. The van der Waals surface area contributed by atoms with Crippen LogP contribution in [-0.2, 0) is 0 Å². The third-order valence-corrected chi connectivity index (χ3v) is 5.30.